The number of hydrogen-bond acceptors (Lipinski definition) is 5. The Labute approximate surface area is 117 Å². The van der Waals surface area contributed by atoms with E-state index >= 15 is 0 Å². The zero-order chi connectivity index (χ0) is 15.6. The van der Waals surface area contributed by atoms with E-state index < -0.39 is 28.5 Å². The van der Waals surface area contributed by atoms with Crippen LogP contribution in [0.3, 0.4) is 0 Å². The van der Waals surface area contributed by atoms with E-state index in [1.807, 2.05) is 0 Å². The second kappa shape index (κ2) is 5.61. The van der Waals surface area contributed by atoms with E-state index in [0.717, 1.165) is 18.2 Å². The minimum absolute atomic E-state index is 0.137. The topological polar surface area (TPSA) is 103 Å². The molecule has 8 heteroatoms. The zero-order valence-corrected chi connectivity index (χ0v) is 10.8. The van der Waals surface area contributed by atoms with Crippen molar-refractivity contribution in [3.05, 3.63) is 57.8 Å². The maximum absolute atomic E-state index is 13.0. The minimum atomic E-state index is -1.23. The summed E-state index contributed by atoms with van der Waals surface area (Å²) in [6, 6.07) is 5.54. The van der Waals surface area contributed by atoms with Crippen LogP contribution in [0.1, 0.15) is 29.3 Å². The van der Waals surface area contributed by atoms with E-state index in [9.17, 15) is 19.3 Å². The van der Waals surface area contributed by atoms with Gasteiger partial charge in [0.2, 0.25) is 5.76 Å². The van der Waals surface area contributed by atoms with E-state index in [2.05, 4.69) is 0 Å². The highest BCUT2D eigenvalue weighted by molar-refractivity contribution is 5.84. The van der Waals surface area contributed by atoms with Crippen molar-refractivity contribution in [3.8, 4) is 5.75 Å². The van der Waals surface area contributed by atoms with Crippen molar-refractivity contribution in [3.63, 3.8) is 0 Å². The summed E-state index contributed by atoms with van der Waals surface area (Å²) in [4.78, 5) is 20.8. The van der Waals surface area contributed by atoms with Gasteiger partial charge >= 0.3 is 11.7 Å². The quantitative estimate of drug-likeness (QED) is 0.671. The number of hydrogen-bond donors (Lipinski definition) is 1. The lowest BCUT2D eigenvalue weighted by Crippen LogP contribution is -2.04. The normalized spacial score (nSPS) is 11.9. The van der Waals surface area contributed by atoms with Gasteiger partial charge in [-0.15, -0.1) is 0 Å². The second-order valence-electron chi connectivity index (χ2n) is 4.14. The average Bonchev–Trinajstić information content (AvgIpc) is 2.90. The highest BCUT2D eigenvalue weighted by Gasteiger charge is 2.21. The molecule has 0 bridgehead atoms. The summed E-state index contributed by atoms with van der Waals surface area (Å²) in [6.45, 7) is 1.53. The fraction of sp³-hybridized carbons (Fsp3) is 0.154. The molecule has 1 N–H and O–H groups in total. The summed E-state index contributed by atoms with van der Waals surface area (Å²) in [6.07, 6.45) is -0.776. The van der Waals surface area contributed by atoms with Gasteiger partial charge in [0.05, 0.1) is 11.0 Å². The van der Waals surface area contributed by atoms with E-state index in [-0.39, 0.29) is 17.3 Å². The summed E-state index contributed by atoms with van der Waals surface area (Å²) >= 11 is 0. The summed E-state index contributed by atoms with van der Waals surface area (Å²) in [7, 11) is 0. The van der Waals surface area contributed by atoms with Crippen molar-refractivity contribution in [1.82, 2.24) is 0 Å². The molecular weight excluding hydrogens is 285 g/mol. The van der Waals surface area contributed by atoms with Crippen LogP contribution in [0.15, 0.2) is 34.7 Å². The highest BCUT2D eigenvalue weighted by atomic mass is 19.1. The molecule has 7 nitrogen and oxygen atoms in total. The third-order valence-corrected chi connectivity index (χ3v) is 2.66. The summed E-state index contributed by atoms with van der Waals surface area (Å²) < 4.78 is 23.4. The molecule has 1 heterocycles. The van der Waals surface area contributed by atoms with Crippen LogP contribution in [-0.2, 0) is 0 Å². The average molecular weight is 295 g/mol. The lowest BCUT2D eigenvalue weighted by atomic mass is 10.2. The Morgan fingerprint density at radius 3 is 2.71 bits per heavy atom. The molecule has 0 aliphatic heterocycles. The van der Waals surface area contributed by atoms with Crippen molar-refractivity contribution in [2.45, 2.75) is 13.0 Å². The molecule has 1 unspecified atom stereocenters. The molecule has 1 aromatic heterocycles. The SMILES string of the molecule is CC(Oc1ccc(F)cc1[N+](=O)[O-])c1ccc(C(=O)O)o1. The van der Waals surface area contributed by atoms with Crippen LogP contribution in [0.2, 0.25) is 0 Å². The monoisotopic (exact) mass is 295 g/mol. The summed E-state index contributed by atoms with van der Waals surface area (Å²) in [5.74, 6) is -2.21. The first-order valence-corrected chi connectivity index (χ1v) is 5.82. The van der Waals surface area contributed by atoms with E-state index in [1.165, 1.54) is 19.1 Å². The molecule has 0 saturated carbocycles. The molecule has 0 saturated heterocycles. The van der Waals surface area contributed by atoms with Crippen LogP contribution in [0.25, 0.3) is 0 Å². The molecule has 0 amide bonds. The lowest BCUT2D eigenvalue weighted by Gasteiger charge is -2.12. The Hall–Kier alpha value is -2.90. The van der Waals surface area contributed by atoms with Gasteiger partial charge in [-0.25, -0.2) is 9.18 Å². The molecule has 1 atom stereocenters. The predicted octanol–water partition coefficient (Wildman–Crippen LogP) is 3.17. The number of aromatic carboxylic acids is 1. The van der Waals surface area contributed by atoms with Crippen molar-refractivity contribution in [2.75, 3.05) is 0 Å². The lowest BCUT2D eigenvalue weighted by molar-refractivity contribution is -0.386. The van der Waals surface area contributed by atoms with Crippen LogP contribution in [0.4, 0.5) is 10.1 Å². The third kappa shape index (κ3) is 3.16. The zero-order valence-electron chi connectivity index (χ0n) is 10.8. The number of carboxylic acid groups (broad SMARTS) is 1. The highest BCUT2D eigenvalue weighted by Crippen LogP contribution is 2.32. The molecule has 0 spiro atoms. The maximum Gasteiger partial charge on any atom is 0.371 e. The fourth-order valence-corrected chi connectivity index (χ4v) is 1.67. The molecule has 2 aromatic rings. The van der Waals surface area contributed by atoms with E-state index in [4.69, 9.17) is 14.3 Å². The molecule has 0 aliphatic carbocycles. The number of nitro groups is 1. The summed E-state index contributed by atoms with van der Waals surface area (Å²) in [5, 5.41) is 19.6. The largest absolute Gasteiger partial charge is 0.476 e. The Balaban J connectivity index is 2.24. The third-order valence-electron chi connectivity index (χ3n) is 2.66. The van der Waals surface area contributed by atoms with Crippen molar-refractivity contribution in [2.24, 2.45) is 0 Å². The molecule has 1 aromatic carbocycles. The first-order valence-electron chi connectivity index (χ1n) is 5.82. The van der Waals surface area contributed by atoms with E-state index in [1.54, 1.807) is 0 Å². The Kier molecular flexibility index (Phi) is 3.88. The van der Waals surface area contributed by atoms with Gasteiger partial charge in [0.25, 0.3) is 0 Å². The van der Waals surface area contributed by atoms with Crippen LogP contribution >= 0.6 is 0 Å². The van der Waals surface area contributed by atoms with Gasteiger partial charge in [-0.1, -0.05) is 0 Å². The number of nitro benzene ring substituents is 1. The number of benzene rings is 1. The van der Waals surface area contributed by atoms with Gasteiger partial charge in [-0.05, 0) is 31.2 Å². The smallest absolute Gasteiger partial charge is 0.371 e. The number of nitrogens with zero attached hydrogens (tertiary/aromatic N) is 1. The predicted molar refractivity (Wildman–Crippen MR) is 67.8 cm³/mol. The summed E-state index contributed by atoms with van der Waals surface area (Å²) in [5.41, 5.74) is -0.521. The van der Waals surface area contributed by atoms with Gasteiger partial charge < -0.3 is 14.3 Å². The minimum Gasteiger partial charge on any atom is -0.476 e. The van der Waals surface area contributed by atoms with Crippen LogP contribution in [0.5, 0.6) is 5.75 Å². The Bertz CT molecular complexity index is 696. The van der Waals surface area contributed by atoms with Crippen LogP contribution in [-0.4, -0.2) is 16.0 Å². The first-order chi connectivity index (χ1) is 9.88. The molecule has 21 heavy (non-hydrogen) atoms. The molecule has 2 rings (SSSR count). The Morgan fingerprint density at radius 2 is 2.14 bits per heavy atom. The van der Waals surface area contributed by atoms with Gasteiger partial charge in [0.1, 0.15) is 11.6 Å². The van der Waals surface area contributed by atoms with Crippen LogP contribution in [0, 0.1) is 15.9 Å². The Morgan fingerprint density at radius 1 is 1.43 bits per heavy atom. The standard InChI is InChI=1S/C13H10FNO6/c1-7(10-4-5-12(21-10)13(16)17)20-11-3-2-8(14)6-9(11)15(18)19/h2-7H,1H3,(H,16,17). The van der Waals surface area contributed by atoms with Crippen molar-refractivity contribution < 1.29 is 28.4 Å². The fourth-order valence-electron chi connectivity index (χ4n) is 1.67. The second-order valence-corrected chi connectivity index (χ2v) is 4.14. The van der Waals surface area contributed by atoms with Gasteiger partial charge in [-0.2, -0.15) is 0 Å². The number of ether oxygens (including phenoxy) is 1. The number of halogens is 1. The molecule has 0 fully saturated rings. The van der Waals surface area contributed by atoms with Crippen LogP contribution < -0.4 is 4.74 Å². The van der Waals surface area contributed by atoms with E-state index in [0.29, 0.717) is 0 Å². The van der Waals surface area contributed by atoms with Gasteiger partial charge in [0.15, 0.2) is 11.9 Å². The maximum atomic E-state index is 13.0. The molecule has 110 valence electrons. The van der Waals surface area contributed by atoms with Gasteiger partial charge in [-0.3, -0.25) is 10.1 Å². The van der Waals surface area contributed by atoms with Crippen molar-refractivity contribution >= 4 is 11.7 Å². The first kappa shape index (κ1) is 14.5. The van der Waals surface area contributed by atoms with Gasteiger partial charge in [0, 0.05) is 0 Å². The molecule has 0 radical (unpaired) electrons. The number of furan rings is 1. The molecular formula is C13H10FNO6. The number of carbonyl (C=O) groups is 1. The number of carboxylic acids is 1. The molecule has 0 aliphatic rings. The number of rotatable bonds is 5. The van der Waals surface area contributed by atoms with Crippen molar-refractivity contribution in [1.29, 1.82) is 0 Å².